The molecule has 4 heterocycles. The first-order valence-electron chi connectivity index (χ1n) is 7.30. The zero-order valence-electron chi connectivity index (χ0n) is 11.7. The van der Waals surface area contributed by atoms with Crippen molar-refractivity contribution in [2.75, 3.05) is 43.1 Å². The van der Waals surface area contributed by atoms with Gasteiger partial charge in [-0.1, -0.05) is 0 Å². The van der Waals surface area contributed by atoms with Crippen molar-refractivity contribution in [3.8, 4) is 11.3 Å². The molecule has 1 N–H and O–H groups in total. The average molecular weight is 283 g/mol. The van der Waals surface area contributed by atoms with Gasteiger partial charge in [0.05, 0.1) is 18.9 Å². The van der Waals surface area contributed by atoms with Crippen LogP contribution in [0.3, 0.4) is 0 Å². The van der Waals surface area contributed by atoms with Crippen LogP contribution in [0.5, 0.6) is 0 Å². The normalized spacial score (nSPS) is 17.4. The molecule has 4 rings (SSSR count). The molecule has 1 fully saturated rings. The van der Waals surface area contributed by atoms with Gasteiger partial charge in [-0.05, 0) is 18.6 Å². The third-order valence-corrected chi connectivity index (χ3v) is 3.91. The first kappa shape index (κ1) is 12.5. The Balaban J connectivity index is 1.80. The quantitative estimate of drug-likeness (QED) is 0.897. The summed E-state index contributed by atoms with van der Waals surface area (Å²) in [7, 11) is 0. The Morgan fingerprint density at radius 3 is 2.71 bits per heavy atom. The summed E-state index contributed by atoms with van der Waals surface area (Å²) >= 11 is 0. The third-order valence-electron chi connectivity index (χ3n) is 3.91. The molecule has 6 nitrogen and oxygen atoms in total. The van der Waals surface area contributed by atoms with Crippen LogP contribution in [0.1, 0.15) is 5.56 Å². The Kier molecular flexibility index (Phi) is 3.16. The van der Waals surface area contributed by atoms with Crippen LogP contribution in [0, 0.1) is 0 Å². The predicted molar refractivity (Wildman–Crippen MR) is 80.5 cm³/mol. The molecule has 0 bridgehead atoms. The van der Waals surface area contributed by atoms with Gasteiger partial charge < -0.3 is 15.0 Å². The molecule has 0 radical (unpaired) electrons. The second-order valence-electron chi connectivity index (χ2n) is 5.21. The second kappa shape index (κ2) is 5.29. The lowest BCUT2D eigenvalue weighted by atomic mass is 10.1. The Morgan fingerprint density at radius 2 is 1.90 bits per heavy atom. The highest BCUT2D eigenvalue weighted by Crippen LogP contribution is 2.32. The zero-order chi connectivity index (χ0) is 14.1. The van der Waals surface area contributed by atoms with Crippen molar-refractivity contribution in [1.82, 2.24) is 15.0 Å². The molecule has 0 saturated carbocycles. The van der Waals surface area contributed by atoms with E-state index in [1.165, 1.54) is 5.56 Å². The highest BCUT2D eigenvalue weighted by atomic mass is 16.5. The first-order valence-corrected chi connectivity index (χ1v) is 7.30. The maximum absolute atomic E-state index is 5.41. The minimum absolute atomic E-state index is 0.735. The predicted octanol–water partition coefficient (Wildman–Crippen LogP) is 1.34. The summed E-state index contributed by atoms with van der Waals surface area (Å²) in [6, 6.07) is 4.01. The summed E-state index contributed by atoms with van der Waals surface area (Å²) in [6.07, 6.45) is 4.58. The molecular weight excluding hydrogens is 266 g/mol. The van der Waals surface area contributed by atoms with Gasteiger partial charge in [-0.25, -0.2) is 4.98 Å². The summed E-state index contributed by atoms with van der Waals surface area (Å²) < 4.78 is 5.41. The van der Waals surface area contributed by atoms with E-state index < -0.39 is 0 Å². The van der Waals surface area contributed by atoms with E-state index in [9.17, 15) is 0 Å². The average Bonchev–Trinajstić information content (AvgIpc) is 3.04. The molecule has 1 saturated heterocycles. The fourth-order valence-electron chi connectivity index (χ4n) is 2.81. The number of ether oxygens (including phenoxy) is 1. The summed E-state index contributed by atoms with van der Waals surface area (Å²) in [5, 5.41) is 3.37. The fraction of sp³-hybridized carbons (Fsp3) is 0.400. The van der Waals surface area contributed by atoms with Crippen LogP contribution in [-0.2, 0) is 11.2 Å². The smallest absolute Gasteiger partial charge is 0.228 e. The molecular formula is C15H17N5O. The van der Waals surface area contributed by atoms with Gasteiger partial charge in [-0.2, -0.15) is 4.98 Å². The van der Waals surface area contributed by atoms with E-state index in [4.69, 9.17) is 14.7 Å². The topological polar surface area (TPSA) is 63.2 Å². The third kappa shape index (κ3) is 2.31. The molecule has 0 spiro atoms. The maximum Gasteiger partial charge on any atom is 0.228 e. The van der Waals surface area contributed by atoms with Crippen molar-refractivity contribution in [2.24, 2.45) is 0 Å². The van der Waals surface area contributed by atoms with E-state index >= 15 is 0 Å². The molecule has 0 unspecified atom stereocenters. The van der Waals surface area contributed by atoms with Gasteiger partial charge in [-0.3, -0.25) is 4.98 Å². The van der Waals surface area contributed by atoms with Crippen molar-refractivity contribution < 1.29 is 4.74 Å². The second-order valence-corrected chi connectivity index (χ2v) is 5.21. The number of hydrogen-bond acceptors (Lipinski definition) is 6. The molecule has 6 heteroatoms. The highest BCUT2D eigenvalue weighted by Gasteiger charge is 2.23. The van der Waals surface area contributed by atoms with E-state index in [0.717, 1.165) is 62.3 Å². The molecule has 0 aliphatic carbocycles. The van der Waals surface area contributed by atoms with Crippen molar-refractivity contribution in [3.05, 3.63) is 30.1 Å². The van der Waals surface area contributed by atoms with Crippen molar-refractivity contribution in [1.29, 1.82) is 0 Å². The van der Waals surface area contributed by atoms with Crippen molar-refractivity contribution in [3.63, 3.8) is 0 Å². The van der Waals surface area contributed by atoms with Gasteiger partial charge in [0.1, 0.15) is 5.82 Å². The Bertz CT molecular complexity index is 640. The lowest BCUT2D eigenvalue weighted by Gasteiger charge is -2.27. The van der Waals surface area contributed by atoms with E-state index in [1.54, 1.807) is 12.4 Å². The van der Waals surface area contributed by atoms with Gasteiger partial charge in [0.25, 0.3) is 0 Å². The van der Waals surface area contributed by atoms with Crippen LogP contribution in [0.4, 0.5) is 11.8 Å². The fourth-order valence-corrected chi connectivity index (χ4v) is 2.81. The minimum atomic E-state index is 0.735. The molecule has 2 aliphatic heterocycles. The molecule has 2 aliphatic rings. The van der Waals surface area contributed by atoms with E-state index in [2.05, 4.69) is 15.2 Å². The van der Waals surface area contributed by atoms with Crippen LogP contribution in [0.2, 0.25) is 0 Å². The zero-order valence-corrected chi connectivity index (χ0v) is 11.7. The number of anilines is 2. The van der Waals surface area contributed by atoms with Gasteiger partial charge in [0, 0.05) is 43.2 Å². The number of nitrogens with zero attached hydrogens (tertiary/aromatic N) is 4. The Hall–Kier alpha value is -2.21. The largest absolute Gasteiger partial charge is 0.378 e. The highest BCUT2D eigenvalue weighted by molar-refractivity contribution is 5.71. The van der Waals surface area contributed by atoms with Crippen LogP contribution in [0.25, 0.3) is 11.3 Å². The molecule has 0 aromatic carbocycles. The van der Waals surface area contributed by atoms with Crippen LogP contribution < -0.4 is 10.2 Å². The van der Waals surface area contributed by atoms with E-state index in [-0.39, 0.29) is 0 Å². The lowest BCUT2D eigenvalue weighted by molar-refractivity contribution is 0.122. The number of nitrogens with one attached hydrogen (secondary N) is 1. The van der Waals surface area contributed by atoms with Crippen molar-refractivity contribution in [2.45, 2.75) is 6.42 Å². The van der Waals surface area contributed by atoms with E-state index in [1.807, 2.05) is 12.1 Å². The lowest BCUT2D eigenvalue weighted by Crippen LogP contribution is -2.37. The number of hydrogen-bond donors (Lipinski definition) is 1. The molecule has 2 aromatic heterocycles. The molecule has 21 heavy (non-hydrogen) atoms. The monoisotopic (exact) mass is 283 g/mol. The summed E-state index contributed by atoms with van der Waals surface area (Å²) in [5.74, 6) is 1.76. The Morgan fingerprint density at radius 1 is 1.10 bits per heavy atom. The van der Waals surface area contributed by atoms with Crippen molar-refractivity contribution >= 4 is 11.8 Å². The van der Waals surface area contributed by atoms with Gasteiger partial charge in [-0.15, -0.1) is 0 Å². The number of aromatic nitrogens is 3. The van der Waals surface area contributed by atoms with Gasteiger partial charge in [0.15, 0.2) is 0 Å². The van der Waals surface area contributed by atoms with Crippen LogP contribution in [0.15, 0.2) is 24.5 Å². The SMILES string of the molecule is c1cc(-c2nc(N3CCOCC3)nc3c2CCN3)ccn1. The summed E-state index contributed by atoms with van der Waals surface area (Å²) in [6.45, 7) is 4.08. The summed E-state index contributed by atoms with van der Waals surface area (Å²) in [4.78, 5) is 15.8. The van der Waals surface area contributed by atoms with Gasteiger partial charge >= 0.3 is 0 Å². The molecule has 0 atom stereocenters. The Labute approximate surface area is 123 Å². The van der Waals surface area contributed by atoms with Gasteiger partial charge in [0.2, 0.25) is 5.95 Å². The minimum Gasteiger partial charge on any atom is -0.378 e. The first-order chi connectivity index (χ1) is 10.4. The number of rotatable bonds is 2. The molecule has 0 amide bonds. The molecule has 2 aromatic rings. The standard InChI is InChI=1S/C15H17N5O/c1-4-16-5-2-11(1)13-12-3-6-17-14(12)19-15(18-13)20-7-9-21-10-8-20/h1-2,4-5H,3,6-10H2,(H,17,18,19). The number of pyridine rings is 1. The molecule has 108 valence electrons. The maximum atomic E-state index is 5.41. The van der Waals surface area contributed by atoms with E-state index in [0.29, 0.717) is 0 Å². The number of fused-ring (bicyclic) bond motifs is 1. The number of morpholine rings is 1. The van der Waals surface area contributed by atoms with Crippen LogP contribution >= 0.6 is 0 Å². The summed E-state index contributed by atoms with van der Waals surface area (Å²) in [5.41, 5.74) is 3.33. The van der Waals surface area contributed by atoms with Crippen LogP contribution in [-0.4, -0.2) is 47.8 Å².